The fourth-order valence-electron chi connectivity index (χ4n) is 2.65. The minimum absolute atomic E-state index is 0.0330. The van der Waals surface area contributed by atoms with Gasteiger partial charge in [0.15, 0.2) is 12.4 Å². The molecule has 1 N–H and O–H groups in total. The number of nitrogens with zero attached hydrogens (tertiary/aromatic N) is 2. The predicted octanol–water partition coefficient (Wildman–Crippen LogP) is 3.40. The SMILES string of the molecule is CCN(CC)C(=O)c1cccc(NC(=O)COc2cc(C)ccc2[N+](=O)[O-])c1. The second-order valence-corrected chi connectivity index (χ2v) is 6.12. The van der Waals surface area contributed by atoms with Gasteiger partial charge in [-0.3, -0.25) is 19.7 Å². The van der Waals surface area contributed by atoms with Crippen molar-refractivity contribution in [2.24, 2.45) is 0 Å². The summed E-state index contributed by atoms with van der Waals surface area (Å²) in [5.74, 6) is -0.568. The third-order valence-electron chi connectivity index (χ3n) is 4.11. The van der Waals surface area contributed by atoms with E-state index in [1.165, 1.54) is 12.1 Å². The van der Waals surface area contributed by atoms with Crippen molar-refractivity contribution in [2.45, 2.75) is 20.8 Å². The molecule has 2 aromatic rings. The summed E-state index contributed by atoms with van der Waals surface area (Å²) >= 11 is 0. The lowest BCUT2D eigenvalue weighted by molar-refractivity contribution is -0.385. The first-order valence-electron chi connectivity index (χ1n) is 8.92. The first-order valence-corrected chi connectivity index (χ1v) is 8.92. The Bertz CT molecular complexity index is 878. The third kappa shape index (κ3) is 5.29. The van der Waals surface area contributed by atoms with Gasteiger partial charge in [-0.05, 0) is 50.6 Å². The van der Waals surface area contributed by atoms with Crippen LogP contribution >= 0.6 is 0 Å². The number of benzene rings is 2. The highest BCUT2D eigenvalue weighted by Gasteiger charge is 2.17. The minimum Gasteiger partial charge on any atom is -0.477 e. The zero-order valence-electron chi connectivity index (χ0n) is 16.1. The number of carbonyl (C=O) groups excluding carboxylic acids is 2. The van der Waals surface area contributed by atoms with Crippen LogP contribution in [0, 0.1) is 17.0 Å². The summed E-state index contributed by atoms with van der Waals surface area (Å²) in [6, 6.07) is 11.1. The lowest BCUT2D eigenvalue weighted by atomic mass is 10.1. The number of anilines is 1. The van der Waals surface area contributed by atoms with E-state index in [1.807, 2.05) is 13.8 Å². The highest BCUT2D eigenvalue weighted by molar-refractivity contribution is 5.97. The van der Waals surface area contributed by atoms with Crippen LogP contribution in [0.3, 0.4) is 0 Å². The van der Waals surface area contributed by atoms with Crippen LogP contribution in [-0.4, -0.2) is 41.3 Å². The molecular formula is C20H23N3O5. The molecule has 2 amide bonds. The zero-order chi connectivity index (χ0) is 20.7. The van der Waals surface area contributed by atoms with Crippen LogP contribution in [-0.2, 0) is 4.79 Å². The summed E-state index contributed by atoms with van der Waals surface area (Å²) in [5.41, 5.74) is 1.50. The number of nitro benzene ring substituents is 1. The van der Waals surface area contributed by atoms with Crippen molar-refractivity contribution in [2.75, 3.05) is 25.0 Å². The summed E-state index contributed by atoms with van der Waals surface area (Å²) < 4.78 is 5.34. The molecule has 0 aromatic heterocycles. The quantitative estimate of drug-likeness (QED) is 0.554. The van der Waals surface area contributed by atoms with Crippen LogP contribution in [0.1, 0.15) is 29.8 Å². The van der Waals surface area contributed by atoms with Gasteiger partial charge in [0, 0.05) is 30.4 Å². The molecule has 0 saturated carbocycles. The number of hydrogen-bond acceptors (Lipinski definition) is 5. The van der Waals surface area contributed by atoms with E-state index in [0.717, 1.165) is 5.56 Å². The van der Waals surface area contributed by atoms with Crippen molar-refractivity contribution >= 4 is 23.2 Å². The molecule has 0 saturated heterocycles. The molecule has 8 nitrogen and oxygen atoms in total. The van der Waals surface area contributed by atoms with Crippen LogP contribution in [0.5, 0.6) is 5.75 Å². The number of rotatable bonds is 8. The number of nitrogens with one attached hydrogen (secondary N) is 1. The normalized spacial score (nSPS) is 10.2. The molecule has 0 spiro atoms. The summed E-state index contributed by atoms with van der Waals surface area (Å²) in [7, 11) is 0. The number of carbonyl (C=O) groups is 2. The number of ether oxygens (including phenoxy) is 1. The fourth-order valence-corrected chi connectivity index (χ4v) is 2.65. The van der Waals surface area contributed by atoms with Gasteiger partial charge >= 0.3 is 5.69 Å². The second-order valence-electron chi connectivity index (χ2n) is 6.12. The summed E-state index contributed by atoms with van der Waals surface area (Å²) in [4.78, 5) is 36.8. The number of nitro groups is 1. The smallest absolute Gasteiger partial charge is 0.310 e. The van der Waals surface area contributed by atoms with Gasteiger partial charge in [-0.2, -0.15) is 0 Å². The van der Waals surface area contributed by atoms with Crippen molar-refractivity contribution in [3.63, 3.8) is 0 Å². The van der Waals surface area contributed by atoms with E-state index in [1.54, 1.807) is 42.2 Å². The Morgan fingerprint density at radius 3 is 2.50 bits per heavy atom. The number of aryl methyl sites for hydroxylation is 1. The second kappa shape index (κ2) is 9.50. The fraction of sp³-hybridized carbons (Fsp3) is 0.300. The van der Waals surface area contributed by atoms with Crippen LogP contribution in [0.4, 0.5) is 11.4 Å². The topological polar surface area (TPSA) is 102 Å². The maximum Gasteiger partial charge on any atom is 0.310 e. The third-order valence-corrected chi connectivity index (χ3v) is 4.11. The van der Waals surface area contributed by atoms with Gasteiger partial charge < -0.3 is 15.0 Å². The molecule has 0 bridgehead atoms. The van der Waals surface area contributed by atoms with Gasteiger partial charge in [-0.1, -0.05) is 12.1 Å². The molecule has 0 aliphatic carbocycles. The molecule has 28 heavy (non-hydrogen) atoms. The Morgan fingerprint density at radius 2 is 1.86 bits per heavy atom. The molecule has 0 aliphatic heterocycles. The van der Waals surface area contributed by atoms with Gasteiger partial charge in [0.25, 0.3) is 11.8 Å². The van der Waals surface area contributed by atoms with E-state index in [2.05, 4.69) is 5.32 Å². The van der Waals surface area contributed by atoms with Crippen LogP contribution in [0.25, 0.3) is 0 Å². The molecular weight excluding hydrogens is 362 g/mol. The Labute approximate surface area is 163 Å². The van der Waals surface area contributed by atoms with E-state index in [9.17, 15) is 19.7 Å². The highest BCUT2D eigenvalue weighted by Crippen LogP contribution is 2.27. The molecule has 0 unspecified atom stereocenters. The van der Waals surface area contributed by atoms with Gasteiger partial charge in [-0.25, -0.2) is 0 Å². The van der Waals surface area contributed by atoms with Crippen LogP contribution in [0.15, 0.2) is 42.5 Å². The van der Waals surface area contributed by atoms with Crippen LogP contribution in [0.2, 0.25) is 0 Å². The largest absolute Gasteiger partial charge is 0.477 e. The van der Waals surface area contributed by atoms with Crippen LogP contribution < -0.4 is 10.1 Å². The van der Waals surface area contributed by atoms with Gasteiger partial charge in [-0.15, -0.1) is 0 Å². The summed E-state index contributed by atoms with van der Waals surface area (Å²) in [6.07, 6.45) is 0. The lowest BCUT2D eigenvalue weighted by Crippen LogP contribution is -2.30. The molecule has 0 heterocycles. The average molecular weight is 385 g/mol. The van der Waals surface area contributed by atoms with E-state index in [-0.39, 0.29) is 17.3 Å². The maximum atomic E-state index is 12.4. The molecule has 8 heteroatoms. The standard InChI is InChI=1S/C20H23N3O5/c1-4-22(5-2)20(25)15-7-6-8-16(12-15)21-19(24)13-28-18-11-14(3)9-10-17(18)23(26)27/h6-12H,4-5,13H2,1-3H3,(H,21,24). The van der Waals surface area contributed by atoms with Crippen molar-refractivity contribution in [3.05, 3.63) is 63.7 Å². The molecule has 0 fully saturated rings. The van der Waals surface area contributed by atoms with E-state index in [0.29, 0.717) is 24.3 Å². The van der Waals surface area contributed by atoms with Gasteiger partial charge in [0.05, 0.1) is 4.92 Å². The van der Waals surface area contributed by atoms with Gasteiger partial charge in [0.2, 0.25) is 0 Å². The first-order chi connectivity index (χ1) is 13.3. The van der Waals surface area contributed by atoms with Crippen molar-refractivity contribution < 1.29 is 19.2 Å². The molecule has 148 valence electrons. The van der Waals surface area contributed by atoms with Crippen molar-refractivity contribution in [1.29, 1.82) is 0 Å². The Morgan fingerprint density at radius 1 is 1.14 bits per heavy atom. The predicted molar refractivity (Wildman–Crippen MR) is 106 cm³/mol. The van der Waals surface area contributed by atoms with Crippen molar-refractivity contribution in [3.8, 4) is 5.75 Å². The number of hydrogen-bond donors (Lipinski definition) is 1. The molecule has 0 radical (unpaired) electrons. The first kappa shape index (κ1) is 20.9. The molecule has 2 rings (SSSR count). The number of amides is 2. The zero-order valence-corrected chi connectivity index (χ0v) is 16.1. The van der Waals surface area contributed by atoms with E-state index in [4.69, 9.17) is 4.74 Å². The molecule has 0 aliphatic rings. The Balaban J connectivity index is 2.05. The van der Waals surface area contributed by atoms with Gasteiger partial charge in [0.1, 0.15) is 0 Å². The summed E-state index contributed by atoms with van der Waals surface area (Å²) in [5, 5.41) is 13.7. The maximum absolute atomic E-state index is 12.4. The Kier molecular flexibility index (Phi) is 7.08. The molecule has 2 aromatic carbocycles. The lowest BCUT2D eigenvalue weighted by Gasteiger charge is -2.19. The average Bonchev–Trinajstić information content (AvgIpc) is 2.67. The van der Waals surface area contributed by atoms with E-state index < -0.39 is 17.4 Å². The highest BCUT2D eigenvalue weighted by atomic mass is 16.6. The van der Waals surface area contributed by atoms with Crippen molar-refractivity contribution in [1.82, 2.24) is 4.90 Å². The summed E-state index contributed by atoms with van der Waals surface area (Å²) in [6.45, 7) is 6.36. The monoisotopic (exact) mass is 385 g/mol. The molecule has 0 atom stereocenters. The minimum atomic E-state index is -0.561. The van der Waals surface area contributed by atoms with E-state index >= 15 is 0 Å². The Hall–Kier alpha value is -3.42.